The van der Waals surface area contributed by atoms with Gasteiger partial charge < -0.3 is 29.8 Å². The molecule has 4 unspecified atom stereocenters. The third-order valence-corrected chi connectivity index (χ3v) is 7.34. The first-order valence-electron chi connectivity index (χ1n) is 11.3. The van der Waals surface area contributed by atoms with Gasteiger partial charge in [-0.1, -0.05) is 36.4 Å². The highest BCUT2D eigenvalue weighted by Gasteiger charge is 2.38. The van der Waals surface area contributed by atoms with Crippen molar-refractivity contribution in [1.29, 1.82) is 0 Å². The second-order valence-electron chi connectivity index (χ2n) is 9.16. The van der Waals surface area contributed by atoms with E-state index in [-0.39, 0.29) is 12.3 Å². The lowest BCUT2D eigenvalue weighted by atomic mass is 9.97. The maximum Gasteiger partial charge on any atom is 0.252 e. The highest BCUT2D eigenvalue weighted by atomic mass is 16.5. The fourth-order valence-corrected chi connectivity index (χ4v) is 5.86. The fraction of sp³-hybridized carbons (Fsp3) is 0.269. The number of amides is 1. The molecule has 166 valence electrons. The van der Waals surface area contributed by atoms with Gasteiger partial charge in [-0.15, -0.1) is 0 Å². The van der Waals surface area contributed by atoms with Crippen LogP contribution < -0.4 is 5.32 Å². The minimum atomic E-state index is -0.933. The lowest BCUT2D eigenvalue weighted by molar-refractivity contribution is -0.182. The molecular weight excluding hydrogens is 418 g/mol. The first-order chi connectivity index (χ1) is 16.0. The van der Waals surface area contributed by atoms with E-state index in [0.717, 1.165) is 49.2 Å². The molecule has 4 heterocycles. The summed E-state index contributed by atoms with van der Waals surface area (Å²) >= 11 is 0. The Balaban J connectivity index is 1.69. The van der Waals surface area contributed by atoms with E-state index in [1.165, 1.54) is 0 Å². The lowest BCUT2D eigenvalue weighted by Crippen LogP contribution is -2.45. The predicted octanol–water partition coefficient (Wildman–Crippen LogP) is 3.70. The molecule has 1 saturated heterocycles. The van der Waals surface area contributed by atoms with Crippen LogP contribution >= 0.6 is 0 Å². The number of hydrogen-bond donors (Lipinski definition) is 4. The molecule has 0 saturated carbocycles. The molecule has 1 amide bonds. The van der Waals surface area contributed by atoms with Crippen LogP contribution in [-0.4, -0.2) is 44.0 Å². The van der Waals surface area contributed by atoms with Gasteiger partial charge in [0.1, 0.15) is 12.3 Å². The zero-order valence-corrected chi connectivity index (χ0v) is 18.0. The van der Waals surface area contributed by atoms with Gasteiger partial charge in [0.15, 0.2) is 0 Å². The van der Waals surface area contributed by atoms with Gasteiger partial charge >= 0.3 is 0 Å². The topological polar surface area (TPSA) is 99.5 Å². The zero-order chi connectivity index (χ0) is 22.4. The maximum absolute atomic E-state index is 13.1. The summed E-state index contributed by atoms with van der Waals surface area (Å²) in [4.78, 5) is 16.7. The molecule has 2 aliphatic rings. The van der Waals surface area contributed by atoms with Crippen LogP contribution in [0.25, 0.3) is 43.6 Å². The number of aliphatic hydroxyl groups is 2. The van der Waals surface area contributed by atoms with Crippen molar-refractivity contribution in [3.8, 4) is 0 Å². The summed E-state index contributed by atoms with van der Waals surface area (Å²) in [6.07, 6.45) is -2.59. The molecule has 0 spiro atoms. The first kappa shape index (κ1) is 19.1. The summed E-state index contributed by atoms with van der Waals surface area (Å²) in [7, 11) is 0. The van der Waals surface area contributed by atoms with Gasteiger partial charge in [0.2, 0.25) is 0 Å². The number of H-pyrrole nitrogens is 1. The monoisotopic (exact) mass is 441 g/mol. The van der Waals surface area contributed by atoms with Crippen LogP contribution in [0.5, 0.6) is 0 Å². The minimum absolute atomic E-state index is 0.0709. The lowest BCUT2D eigenvalue weighted by Gasteiger charge is -2.36. The summed E-state index contributed by atoms with van der Waals surface area (Å²) in [5.41, 5.74) is 5.50. The maximum atomic E-state index is 13.1. The van der Waals surface area contributed by atoms with Crippen molar-refractivity contribution in [2.45, 2.75) is 44.4 Å². The van der Waals surface area contributed by atoms with Crippen molar-refractivity contribution in [3.63, 3.8) is 0 Å². The third-order valence-electron chi connectivity index (χ3n) is 7.34. The molecule has 5 aromatic rings. The Morgan fingerprint density at radius 2 is 1.79 bits per heavy atom. The highest BCUT2D eigenvalue weighted by molar-refractivity contribution is 6.30. The molecule has 2 aliphatic heterocycles. The largest absolute Gasteiger partial charge is 0.390 e. The van der Waals surface area contributed by atoms with E-state index < -0.39 is 24.5 Å². The van der Waals surface area contributed by atoms with E-state index in [4.69, 9.17) is 4.74 Å². The van der Waals surface area contributed by atoms with Gasteiger partial charge in [-0.3, -0.25) is 4.79 Å². The van der Waals surface area contributed by atoms with Crippen molar-refractivity contribution in [2.24, 2.45) is 0 Å². The molecule has 2 aromatic heterocycles. The molecule has 0 aliphatic carbocycles. The fourth-order valence-electron chi connectivity index (χ4n) is 5.86. The average molecular weight is 441 g/mol. The number of aromatic nitrogens is 2. The minimum Gasteiger partial charge on any atom is -0.390 e. The number of nitrogens with one attached hydrogen (secondary N) is 2. The third kappa shape index (κ3) is 2.41. The number of nitrogens with zero attached hydrogens (tertiary/aromatic N) is 1. The van der Waals surface area contributed by atoms with E-state index in [1.54, 1.807) is 6.92 Å². The quantitative estimate of drug-likeness (QED) is 0.319. The molecule has 33 heavy (non-hydrogen) atoms. The van der Waals surface area contributed by atoms with Gasteiger partial charge in [0.25, 0.3) is 5.91 Å². The molecule has 7 rings (SSSR count). The average Bonchev–Trinajstić information content (AvgIpc) is 3.48. The number of ether oxygens (including phenoxy) is 1. The molecule has 4 atom stereocenters. The molecular formula is C26H23N3O4. The van der Waals surface area contributed by atoms with Crippen LogP contribution in [0.1, 0.15) is 35.5 Å². The molecule has 7 nitrogen and oxygen atoms in total. The second kappa shape index (κ2) is 6.57. The van der Waals surface area contributed by atoms with Crippen LogP contribution in [0.3, 0.4) is 0 Å². The number of aromatic amines is 1. The van der Waals surface area contributed by atoms with Gasteiger partial charge in [0, 0.05) is 40.0 Å². The Labute approximate surface area is 188 Å². The SMILES string of the molecule is CC1OC(n2c3ccccc3c3c4c(c5c6ccccc6[nH]c5c32)CNC4=O)CC(O)C1O. The van der Waals surface area contributed by atoms with Crippen LogP contribution in [0.2, 0.25) is 0 Å². The summed E-state index contributed by atoms with van der Waals surface area (Å²) < 4.78 is 8.33. The number of para-hydroxylation sites is 2. The second-order valence-corrected chi connectivity index (χ2v) is 9.16. The molecule has 4 N–H and O–H groups in total. The van der Waals surface area contributed by atoms with Crippen molar-refractivity contribution < 1.29 is 19.7 Å². The van der Waals surface area contributed by atoms with Crippen molar-refractivity contribution >= 4 is 49.5 Å². The number of benzene rings is 3. The van der Waals surface area contributed by atoms with Crippen molar-refractivity contribution in [3.05, 3.63) is 59.7 Å². The molecule has 3 aromatic carbocycles. The number of rotatable bonds is 1. The Hall–Kier alpha value is -3.39. The Morgan fingerprint density at radius 3 is 2.61 bits per heavy atom. The summed E-state index contributed by atoms with van der Waals surface area (Å²) in [6.45, 7) is 2.27. The van der Waals surface area contributed by atoms with Crippen molar-refractivity contribution in [1.82, 2.24) is 14.9 Å². The number of carbonyl (C=O) groups is 1. The van der Waals surface area contributed by atoms with E-state index in [2.05, 4.69) is 20.9 Å². The van der Waals surface area contributed by atoms with E-state index in [9.17, 15) is 15.0 Å². The van der Waals surface area contributed by atoms with E-state index >= 15 is 0 Å². The molecule has 0 radical (unpaired) electrons. The molecule has 0 bridgehead atoms. The summed E-state index contributed by atoms with van der Waals surface area (Å²) in [5, 5.41) is 27.9. The zero-order valence-electron chi connectivity index (χ0n) is 18.0. The van der Waals surface area contributed by atoms with Crippen LogP contribution in [0, 0.1) is 0 Å². The normalized spacial score (nSPS) is 25.4. The Bertz CT molecular complexity index is 1600. The van der Waals surface area contributed by atoms with Crippen molar-refractivity contribution in [2.75, 3.05) is 0 Å². The number of fused-ring (bicyclic) bond motifs is 10. The van der Waals surface area contributed by atoms with Crippen LogP contribution in [0.15, 0.2) is 48.5 Å². The summed E-state index contributed by atoms with van der Waals surface area (Å²) in [6, 6.07) is 16.1. The summed E-state index contributed by atoms with van der Waals surface area (Å²) in [5.74, 6) is -0.0709. The van der Waals surface area contributed by atoms with Gasteiger partial charge in [-0.2, -0.15) is 0 Å². The smallest absolute Gasteiger partial charge is 0.252 e. The van der Waals surface area contributed by atoms with Gasteiger partial charge in [-0.25, -0.2) is 0 Å². The predicted molar refractivity (Wildman–Crippen MR) is 126 cm³/mol. The van der Waals surface area contributed by atoms with E-state index in [1.807, 2.05) is 42.5 Å². The number of hydrogen-bond acceptors (Lipinski definition) is 4. The number of aliphatic hydroxyl groups excluding tert-OH is 2. The molecule has 1 fully saturated rings. The van der Waals surface area contributed by atoms with E-state index in [0.29, 0.717) is 12.1 Å². The van der Waals surface area contributed by atoms with Gasteiger partial charge in [0.05, 0.1) is 34.3 Å². The highest BCUT2D eigenvalue weighted by Crippen LogP contribution is 2.45. The number of carbonyl (C=O) groups excluding carboxylic acids is 1. The van der Waals surface area contributed by atoms with Crippen LogP contribution in [0.4, 0.5) is 0 Å². The molecule has 7 heteroatoms. The van der Waals surface area contributed by atoms with Crippen LogP contribution in [-0.2, 0) is 11.3 Å². The standard InChI is InChI=1S/C26H23N3O4/c1-12-25(31)18(30)10-19(33-12)29-17-9-5-3-7-14(17)21-22-15(11-27-26(22)32)20-13-6-2-4-8-16(13)28-23(20)24(21)29/h2-9,12,18-19,25,28,30-31H,10-11H2,1H3,(H,27,32). The first-order valence-corrected chi connectivity index (χ1v) is 11.3. The Kier molecular flexibility index (Phi) is 3.81. The van der Waals surface area contributed by atoms with Gasteiger partial charge in [-0.05, 0) is 24.6 Å². The Morgan fingerprint density at radius 1 is 1.03 bits per heavy atom.